The van der Waals surface area contributed by atoms with Gasteiger partial charge in [-0.2, -0.15) is 5.10 Å². The third kappa shape index (κ3) is 3.45. The molecule has 2 saturated heterocycles. The Labute approximate surface area is 155 Å². The average molecular weight is 358 g/mol. The number of hydrogen-bond donors (Lipinski definition) is 1. The van der Waals surface area contributed by atoms with Gasteiger partial charge in [0.1, 0.15) is 0 Å². The Balaban J connectivity index is 1.39. The number of hydrogen-bond acceptors (Lipinski definition) is 4. The van der Waals surface area contributed by atoms with Gasteiger partial charge in [-0.15, -0.1) is 0 Å². The third-order valence-electron chi connectivity index (χ3n) is 6.40. The Bertz CT molecular complexity index is 683. The molecule has 3 heterocycles. The van der Waals surface area contributed by atoms with Crippen LogP contribution in [-0.2, 0) is 23.1 Å². The number of nitrogens with zero attached hydrogens (tertiary/aromatic N) is 3. The van der Waals surface area contributed by atoms with E-state index in [1.807, 2.05) is 17.9 Å². The summed E-state index contributed by atoms with van der Waals surface area (Å²) in [5.41, 5.74) is 2.41. The van der Waals surface area contributed by atoms with E-state index in [0.29, 0.717) is 13.2 Å². The lowest BCUT2D eigenvalue weighted by Gasteiger charge is -2.37. The van der Waals surface area contributed by atoms with Crippen molar-refractivity contribution in [3.8, 4) is 0 Å². The number of carbonyl (C=O) groups excluding carboxylic acids is 1. The van der Waals surface area contributed by atoms with Crippen molar-refractivity contribution < 1.29 is 9.53 Å². The number of nitrogens with one attached hydrogen (secondary N) is 1. The van der Waals surface area contributed by atoms with Gasteiger partial charge in [0.15, 0.2) is 0 Å². The van der Waals surface area contributed by atoms with Crippen LogP contribution in [0.5, 0.6) is 0 Å². The molecule has 1 aromatic heterocycles. The molecule has 2 aliphatic heterocycles. The van der Waals surface area contributed by atoms with Gasteiger partial charge in [-0.05, 0) is 38.2 Å². The first-order chi connectivity index (χ1) is 12.7. The van der Waals surface area contributed by atoms with Crippen LogP contribution in [-0.4, -0.2) is 53.4 Å². The molecule has 2 unspecified atom stereocenters. The zero-order valence-electron chi connectivity index (χ0n) is 15.7. The second-order valence-electron chi connectivity index (χ2n) is 8.05. The number of amides is 1. The topological polar surface area (TPSA) is 59.4 Å². The average Bonchev–Trinajstić information content (AvgIpc) is 3.36. The molecule has 1 N–H and O–H groups in total. The predicted molar refractivity (Wildman–Crippen MR) is 99.4 cm³/mol. The minimum Gasteiger partial charge on any atom is -0.381 e. The van der Waals surface area contributed by atoms with Crippen molar-refractivity contribution in [3.05, 3.63) is 29.6 Å². The number of ether oxygens (including phenoxy) is 1. The highest BCUT2D eigenvalue weighted by molar-refractivity contribution is 5.84. The van der Waals surface area contributed by atoms with Crippen LogP contribution in [0.1, 0.15) is 37.8 Å². The van der Waals surface area contributed by atoms with Crippen LogP contribution < -0.4 is 5.32 Å². The Morgan fingerprint density at radius 2 is 2.42 bits per heavy atom. The molecule has 6 heteroatoms. The fraction of sp³-hybridized carbons (Fsp3) is 0.700. The third-order valence-corrected chi connectivity index (χ3v) is 6.40. The summed E-state index contributed by atoms with van der Waals surface area (Å²) in [6.45, 7) is 4.73. The summed E-state index contributed by atoms with van der Waals surface area (Å²) in [6, 6.07) is 2.06. The predicted octanol–water partition coefficient (Wildman–Crippen LogP) is 1.88. The fourth-order valence-corrected chi connectivity index (χ4v) is 4.81. The highest BCUT2D eigenvalue weighted by Crippen LogP contribution is 2.43. The second kappa shape index (κ2) is 7.53. The van der Waals surface area contributed by atoms with Gasteiger partial charge in [-0.3, -0.25) is 14.4 Å². The van der Waals surface area contributed by atoms with Crippen molar-refractivity contribution in [1.29, 1.82) is 0 Å². The molecule has 0 bridgehead atoms. The van der Waals surface area contributed by atoms with E-state index in [1.54, 1.807) is 0 Å². The van der Waals surface area contributed by atoms with Crippen LogP contribution in [0.25, 0.3) is 0 Å². The first-order valence-corrected chi connectivity index (χ1v) is 9.90. The van der Waals surface area contributed by atoms with Crippen molar-refractivity contribution in [3.63, 3.8) is 0 Å². The molecule has 4 rings (SSSR count). The van der Waals surface area contributed by atoms with E-state index in [0.717, 1.165) is 39.0 Å². The zero-order chi connectivity index (χ0) is 18.0. The number of allylic oxidation sites excluding steroid dienone is 1. The number of carbonyl (C=O) groups is 1. The van der Waals surface area contributed by atoms with Gasteiger partial charge in [0, 0.05) is 51.9 Å². The Hall–Kier alpha value is -1.66. The zero-order valence-corrected chi connectivity index (χ0v) is 15.7. The van der Waals surface area contributed by atoms with Crippen LogP contribution in [0.2, 0.25) is 0 Å². The maximum Gasteiger partial charge on any atom is 0.228 e. The Morgan fingerprint density at radius 3 is 3.19 bits per heavy atom. The molecule has 2 fully saturated rings. The van der Waals surface area contributed by atoms with E-state index in [9.17, 15) is 4.79 Å². The first kappa shape index (κ1) is 17.7. The molecule has 0 saturated carbocycles. The van der Waals surface area contributed by atoms with Gasteiger partial charge in [0.25, 0.3) is 0 Å². The van der Waals surface area contributed by atoms with Crippen molar-refractivity contribution in [2.75, 3.05) is 32.8 Å². The summed E-state index contributed by atoms with van der Waals surface area (Å²) in [6.07, 6.45) is 9.69. The summed E-state index contributed by atoms with van der Waals surface area (Å²) in [7, 11) is 1.97. The van der Waals surface area contributed by atoms with Crippen molar-refractivity contribution >= 4 is 5.91 Å². The van der Waals surface area contributed by atoms with Gasteiger partial charge < -0.3 is 10.1 Å². The monoisotopic (exact) mass is 358 g/mol. The number of likely N-dealkylation sites (tertiary alicyclic amines) is 1. The molecule has 0 aromatic carbocycles. The van der Waals surface area contributed by atoms with Crippen molar-refractivity contribution in [1.82, 2.24) is 20.0 Å². The maximum absolute atomic E-state index is 13.2. The maximum atomic E-state index is 13.2. The summed E-state index contributed by atoms with van der Waals surface area (Å²) in [5, 5.41) is 7.51. The highest BCUT2D eigenvalue weighted by atomic mass is 16.5. The number of rotatable bonds is 6. The van der Waals surface area contributed by atoms with Crippen molar-refractivity contribution in [2.24, 2.45) is 18.4 Å². The molecule has 0 radical (unpaired) electrons. The standard InChI is InChI=1S/C20H30N4O2/c1-23-18(7-10-22-23)13-24-12-17-14-26-11-8-20(17,15-24)19(25)21-9-6-16-4-2-3-5-16/h4,7,10,17H,2-3,5-6,8-9,11-15H2,1H3,(H,21,25). The molecule has 2 atom stereocenters. The Morgan fingerprint density at radius 1 is 1.50 bits per heavy atom. The lowest BCUT2D eigenvalue weighted by atomic mass is 9.73. The number of aryl methyl sites for hydroxylation is 1. The normalized spacial score (nSPS) is 28.8. The molecular formula is C20H30N4O2. The summed E-state index contributed by atoms with van der Waals surface area (Å²) in [4.78, 5) is 15.6. The molecule has 1 aliphatic carbocycles. The quantitative estimate of drug-likeness (QED) is 0.789. The molecule has 26 heavy (non-hydrogen) atoms. The van der Waals surface area contributed by atoms with E-state index in [4.69, 9.17) is 4.74 Å². The molecule has 6 nitrogen and oxygen atoms in total. The summed E-state index contributed by atoms with van der Waals surface area (Å²) < 4.78 is 7.64. The van der Waals surface area contributed by atoms with E-state index >= 15 is 0 Å². The molecule has 1 amide bonds. The molecular weight excluding hydrogens is 328 g/mol. The van der Waals surface area contributed by atoms with Crippen LogP contribution in [0.15, 0.2) is 23.9 Å². The van der Waals surface area contributed by atoms with E-state index in [1.165, 1.54) is 30.5 Å². The largest absolute Gasteiger partial charge is 0.381 e. The van der Waals surface area contributed by atoms with Crippen LogP contribution in [0.4, 0.5) is 0 Å². The molecule has 1 aromatic rings. The first-order valence-electron chi connectivity index (χ1n) is 9.90. The second-order valence-corrected chi connectivity index (χ2v) is 8.05. The molecule has 0 spiro atoms. The van der Waals surface area contributed by atoms with E-state index < -0.39 is 0 Å². The fourth-order valence-electron chi connectivity index (χ4n) is 4.81. The van der Waals surface area contributed by atoms with Gasteiger partial charge in [-0.25, -0.2) is 0 Å². The number of fused-ring (bicyclic) bond motifs is 1. The van der Waals surface area contributed by atoms with Crippen molar-refractivity contribution in [2.45, 2.75) is 38.6 Å². The lowest BCUT2D eigenvalue weighted by Crippen LogP contribution is -2.50. The van der Waals surface area contributed by atoms with Crippen LogP contribution >= 0.6 is 0 Å². The summed E-state index contributed by atoms with van der Waals surface area (Å²) in [5.74, 6) is 0.520. The smallest absolute Gasteiger partial charge is 0.228 e. The highest BCUT2D eigenvalue weighted by Gasteiger charge is 2.53. The van der Waals surface area contributed by atoms with Gasteiger partial charge >= 0.3 is 0 Å². The minimum absolute atomic E-state index is 0.233. The van der Waals surface area contributed by atoms with Gasteiger partial charge in [0.2, 0.25) is 5.91 Å². The SMILES string of the molecule is Cn1nccc1CN1CC2COCCC2(C(=O)NCCC2=CCCC2)C1. The lowest BCUT2D eigenvalue weighted by molar-refractivity contribution is -0.139. The van der Waals surface area contributed by atoms with Crippen LogP contribution in [0, 0.1) is 11.3 Å². The summed E-state index contributed by atoms with van der Waals surface area (Å²) >= 11 is 0. The Kier molecular flexibility index (Phi) is 5.14. The van der Waals surface area contributed by atoms with E-state index in [-0.39, 0.29) is 17.2 Å². The molecule has 3 aliphatic rings. The number of aromatic nitrogens is 2. The minimum atomic E-state index is -0.291. The van der Waals surface area contributed by atoms with Gasteiger partial charge in [0.05, 0.1) is 17.7 Å². The molecule has 142 valence electrons. The van der Waals surface area contributed by atoms with Crippen LogP contribution in [0.3, 0.4) is 0 Å². The van der Waals surface area contributed by atoms with E-state index in [2.05, 4.69) is 27.5 Å². The van der Waals surface area contributed by atoms with Gasteiger partial charge in [-0.1, -0.05) is 11.6 Å².